The Labute approximate surface area is 108 Å². The molecule has 0 heterocycles. The Morgan fingerprint density at radius 2 is 2.00 bits per heavy atom. The number of nitrogens with one attached hydrogen (secondary N) is 1. The van der Waals surface area contributed by atoms with E-state index in [9.17, 15) is 0 Å². The fraction of sp³-hybridized carbons (Fsp3) is 1.00. The molecule has 0 aromatic heterocycles. The second-order valence-corrected chi connectivity index (χ2v) is 6.38. The third kappa shape index (κ3) is 4.97. The zero-order chi connectivity index (χ0) is 12.8. The summed E-state index contributed by atoms with van der Waals surface area (Å²) in [5.41, 5.74) is 0. The van der Waals surface area contributed by atoms with Crippen molar-refractivity contribution >= 4 is 0 Å². The smallest absolute Gasteiger partial charge is 0.0248 e. The van der Waals surface area contributed by atoms with Gasteiger partial charge < -0.3 is 10.2 Å². The Hall–Kier alpha value is -0.0800. The molecule has 17 heavy (non-hydrogen) atoms. The summed E-state index contributed by atoms with van der Waals surface area (Å²) in [6.07, 6.45) is 5.36. The van der Waals surface area contributed by atoms with Crippen LogP contribution in [0.2, 0.25) is 0 Å². The van der Waals surface area contributed by atoms with E-state index in [0.29, 0.717) is 0 Å². The molecule has 0 saturated heterocycles. The van der Waals surface area contributed by atoms with Gasteiger partial charge in [-0.2, -0.15) is 0 Å². The summed E-state index contributed by atoms with van der Waals surface area (Å²) in [6.45, 7) is 11.7. The summed E-state index contributed by atoms with van der Waals surface area (Å²) in [5.74, 6) is 1.67. The number of hydrogen-bond acceptors (Lipinski definition) is 2. The molecule has 2 nitrogen and oxygen atoms in total. The minimum Gasteiger partial charge on any atom is -0.312 e. The van der Waals surface area contributed by atoms with Gasteiger partial charge in [0.1, 0.15) is 0 Å². The van der Waals surface area contributed by atoms with E-state index >= 15 is 0 Å². The van der Waals surface area contributed by atoms with Crippen LogP contribution in [0.15, 0.2) is 0 Å². The quantitative estimate of drug-likeness (QED) is 0.767. The van der Waals surface area contributed by atoms with Gasteiger partial charge in [-0.15, -0.1) is 0 Å². The predicted molar refractivity (Wildman–Crippen MR) is 76.4 cm³/mol. The Balaban J connectivity index is 2.53. The van der Waals surface area contributed by atoms with E-state index in [0.717, 1.165) is 23.9 Å². The fourth-order valence-electron chi connectivity index (χ4n) is 3.12. The largest absolute Gasteiger partial charge is 0.312 e. The number of nitrogens with zero attached hydrogens (tertiary/aromatic N) is 1. The van der Waals surface area contributed by atoms with Gasteiger partial charge in [0, 0.05) is 18.6 Å². The molecule has 0 amide bonds. The van der Waals surface area contributed by atoms with Gasteiger partial charge in [0.2, 0.25) is 0 Å². The maximum atomic E-state index is 3.75. The van der Waals surface area contributed by atoms with Crippen LogP contribution in [0.1, 0.15) is 53.4 Å². The lowest BCUT2D eigenvalue weighted by Crippen LogP contribution is -2.52. The maximum absolute atomic E-state index is 3.75. The molecule has 1 rings (SSSR count). The molecular weight excluding hydrogens is 208 g/mol. The molecular formula is C15H32N2. The van der Waals surface area contributed by atoms with Crippen molar-refractivity contribution in [3.8, 4) is 0 Å². The SMILES string of the molecule is CCCNC1CCC(C)CC1N(C)CC(C)C. The van der Waals surface area contributed by atoms with Crippen molar-refractivity contribution in [2.75, 3.05) is 20.1 Å². The van der Waals surface area contributed by atoms with Gasteiger partial charge in [-0.05, 0) is 51.1 Å². The molecule has 0 spiro atoms. The van der Waals surface area contributed by atoms with E-state index in [1.807, 2.05) is 0 Å². The van der Waals surface area contributed by atoms with Gasteiger partial charge >= 0.3 is 0 Å². The minimum atomic E-state index is 0.717. The molecule has 0 bridgehead atoms. The Morgan fingerprint density at radius 3 is 2.59 bits per heavy atom. The van der Waals surface area contributed by atoms with Crippen LogP contribution < -0.4 is 5.32 Å². The Bertz CT molecular complexity index is 201. The topological polar surface area (TPSA) is 15.3 Å². The lowest BCUT2D eigenvalue weighted by Gasteiger charge is -2.41. The van der Waals surface area contributed by atoms with Gasteiger partial charge in [-0.3, -0.25) is 0 Å². The highest BCUT2D eigenvalue weighted by Gasteiger charge is 2.30. The first-order valence-corrected chi connectivity index (χ1v) is 7.48. The third-order valence-corrected chi connectivity index (χ3v) is 3.95. The summed E-state index contributed by atoms with van der Waals surface area (Å²) < 4.78 is 0. The molecule has 1 saturated carbocycles. The van der Waals surface area contributed by atoms with E-state index in [1.54, 1.807) is 0 Å². The Morgan fingerprint density at radius 1 is 1.29 bits per heavy atom. The summed E-state index contributed by atoms with van der Waals surface area (Å²) in [5, 5.41) is 3.75. The van der Waals surface area contributed by atoms with Crippen molar-refractivity contribution in [2.45, 2.75) is 65.5 Å². The van der Waals surface area contributed by atoms with Crippen LogP contribution in [-0.2, 0) is 0 Å². The molecule has 3 unspecified atom stereocenters. The van der Waals surface area contributed by atoms with Gasteiger partial charge in [-0.1, -0.05) is 27.7 Å². The number of rotatable bonds is 6. The lowest BCUT2D eigenvalue weighted by molar-refractivity contribution is 0.114. The van der Waals surface area contributed by atoms with Crippen LogP contribution in [0.5, 0.6) is 0 Å². The van der Waals surface area contributed by atoms with E-state index in [-0.39, 0.29) is 0 Å². The fourth-order valence-corrected chi connectivity index (χ4v) is 3.12. The van der Waals surface area contributed by atoms with Crippen LogP contribution in [0.4, 0.5) is 0 Å². The summed E-state index contributed by atoms with van der Waals surface area (Å²) in [4.78, 5) is 2.59. The standard InChI is InChI=1S/C15H32N2/c1-6-9-16-14-8-7-13(4)10-15(14)17(5)11-12(2)3/h12-16H,6-11H2,1-5H3. The van der Waals surface area contributed by atoms with Crippen molar-refractivity contribution in [1.82, 2.24) is 10.2 Å². The maximum Gasteiger partial charge on any atom is 0.0248 e. The summed E-state index contributed by atoms with van der Waals surface area (Å²) in [7, 11) is 2.31. The first kappa shape index (κ1) is 15.0. The molecule has 102 valence electrons. The van der Waals surface area contributed by atoms with E-state index in [2.05, 4.69) is 45.0 Å². The molecule has 2 heteroatoms. The van der Waals surface area contributed by atoms with Crippen LogP contribution in [0, 0.1) is 11.8 Å². The minimum absolute atomic E-state index is 0.717. The molecule has 1 N–H and O–H groups in total. The third-order valence-electron chi connectivity index (χ3n) is 3.95. The number of likely N-dealkylation sites (N-methyl/N-ethyl adjacent to an activating group) is 1. The zero-order valence-corrected chi connectivity index (χ0v) is 12.5. The highest BCUT2D eigenvalue weighted by Crippen LogP contribution is 2.27. The molecule has 1 aliphatic rings. The summed E-state index contributed by atoms with van der Waals surface area (Å²) in [6, 6.07) is 1.46. The second-order valence-electron chi connectivity index (χ2n) is 6.38. The van der Waals surface area contributed by atoms with Crippen molar-refractivity contribution in [3.63, 3.8) is 0 Å². The summed E-state index contributed by atoms with van der Waals surface area (Å²) >= 11 is 0. The first-order chi connectivity index (χ1) is 8.04. The van der Waals surface area contributed by atoms with Gasteiger partial charge in [-0.25, -0.2) is 0 Å². The molecule has 1 fully saturated rings. The predicted octanol–water partition coefficient (Wildman–Crippen LogP) is 3.13. The van der Waals surface area contributed by atoms with E-state index in [1.165, 1.54) is 38.8 Å². The molecule has 0 radical (unpaired) electrons. The van der Waals surface area contributed by atoms with Crippen molar-refractivity contribution in [2.24, 2.45) is 11.8 Å². The normalized spacial score (nSPS) is 30.2. The van der Waals surface area contributed by atoms with E-state index in [4.69, 9.17) is 0 Å². The lowest BCUT2D eigenvalue weighted by atomic mass is 9.82. The molecule has 3 atom stereocenters. The molecule has 1 aliphatic carbocycles. The van der Waals surface area contributed by atoms with Crippen LogP contribution in [0.25, 0.3) is 0 Å². The Kier molecular flexibility index (Phi) is 6.50. The van der Waals surface area contributed by atoms with Crippen LogP contribution in [-0.4, -0.2) is 37.1 Å². The first-order valence-electron chi connectivity index (χ1n) is 7.48. The second kappa shape index (κ2) is 7.38. The average molecular weight is 240 g/mol. The molecule has 0 aliphatic heterocycles. The van der Waals surface area contributed by atoms with Crippen molar-refractivity contribution in [3.05, 3.63) is 0 Å². The highest BCUT2D eigenvalue weighted by molar-refractivity contribution is 4.89. The number of hydrogen-bond donors (Lipinski definition) is 1. The molecule has 0 aromatic carbocycles. The van der Waals surface area contributed by atoms with Crippen LogP contribution >= 0.6 is 0 Å². The molecule has 0 aromatic rings. The highest BCUT2D eigenvalue weighted by atomic mass is 15.2. The zero-order valence-electron chi connectivity index (χ0n) is 12.5. The van der Waals surface area contributed by atoms with E-state index < -0.39 is 0 Å². The monoisotopic (exact) mass is 240 g/mol. The average Bonchev–Trinajstić information content (AvgIpc) is 2.26. The van der Waals surface area contributed by atoms with Crippen LogP contribution in [0.3, 0.4) is 0 Å². The van der Waals surface area contributed by atoms with Gasteiger partial charge in [0.15, 0.2) is 0 Å². The van der Waals surface area contributed by atoms with Crippen molar-refractivity contribution in [1.29, 1.82) is 0 Å². The van der Waals surface area contributed by atoms with Gasteiger partial charge in [0.05, 0.1) is 0 Å². The van der Waals surface area contributed by atoms with Crippen molar-refractivity contribution < 1.29 is 0 Å². The van der Waals surface area contributed by atoms with Gasteiger partial charge in [0.25, 0.3) is 0 Å².